The van der Waals surface area contributed by atoms with Gasteiger partial charge in [-0.15, -0.1) is 12.4 Å². The van der Waals surface area contributed by atoms with Gasteiger partial charge in [0, 0.05) is 28.9 Å². The summed E-state index contributed by atoms with van der Waals surface area (Å²) in [5, 5.41) is 1.06. The van der Waals surface area contributed by atoms with E-state index in [9.17, 15) is 0 Å². The van der Waals surface area contributed by atoms with E-state index in [4.69, 9.17) is 10.7 Å². The summed E-state index contributed by atoms with van der Waals surface area (Å²) >= 11 is 0. The number of nitrogens with zero attached hydrogens (tertiary/aromatic N) is 2. The third kappa shape index (κ3) is 2.18. The van der Waals surface area contributed by atoms with Crippen molar-refractivity contribution >= 4 is 40.5 Å². The summed E-state index contributed by atoms with van der Waals surface area (Å²) in [7, 11) is 0. The molecule has 2 N–H and O–H groups in total. The number of hydrogen-bond acceptors (Lipinski definition) is 3. The summed E-state index contributed by atoms with van der Waals surface area (Å²) in [5.41, 5.74) is 11.8. The van der Waals surface area contributed by atoms with Crippen LogP contribution in [0.3, 0.4) is 0 Å². The Balaban J connectivity index is 0.00000144. The topological polar surface area (TPSA) is 42.2 Å². The van der Waals surface area contributed by atoms with Crippen LogP contribution in [0.2, 0.25) is 0 Å². The van der Waals surface area contributed by atoms with Gasteiger partial charge in [-0.1, -0.05) is 30.3 Å². The fourth-order valence-corrected chi connectivity index (χ4v) is 3.11. The molecule has 0 saturated heterocycles. The maximum absolute atomic E-state index is 6.37. The van der Waals surface area contributed by atoms with Crippen molar-refractivity contribution in [3.05, 3.63) is 59.7 Å². The minimum absolute atomic E-state index is 0. The molecule has 2 aromatic carbocycles. The molecule has 0 fully saturated rings. The first-order valence-corrected chi connectivity index (χ1v) is 7.25. The van der Waals surface area contributed by atoms with Crippen LogP contribution in [0.4, 0.5) is 17.2 Å². The molecule has 1 aromatic heterocycles. The summed E-state index contributed by atoms with van der Waals surface area (Å²) in [5.74, 6) is 1.01. The van der Waals surface area contributed by atoms with Crippen LogP contribution >= 0.6 is 12.4 Å². The van der Waals surface area contributed by atoms with Gasteiger partial charge < -0.3 is 10.6 Å². The second-order valence-electron chi connectivity index (χ2n) is 5.59. The minimum atomic E-state index is 0. The summed E-state index contributed by atoms with van der Waals surface area (Å²) in [6.45, 7) is 3.05. The molecule has 3 aromatic rings. The van der Waals surface area contributed by atoms with Gasteiger partial charge in [-0.25, -0.2) is 4.98 Å². The molecule has 0 saturated carbocycles. The zero-order valence-electron chi connectivity index (χ0n) is 12.4. The molecule has 0 spiro atoms. The van der Waals surface area contributed by atoms with Crippen LogP contribution < -0.4 is 10.6 Å². The van der Waals surface area contributed by atoms with Crippen LogP contribution in [0.5, 0.6) is 0 Å². The van der Waals surface area contributed by atoms with Crippen LogP contribution in [0.25, 0.3) is 10.9 Å². The van der Waals surface area contributed by atoms with E-state index in [1.165, 1.54) is 16.8 Å². The number of rotatable bonds is 1. The molecular formula is C18H18ClN3. The summed E-state index contributed by atoms with van der Waals surface area (Å²) in [4.78, 5) is 7.12. The molecule has 1 aliphatic rings. The monoisotopic (exact) mass is 311 g/mol. The third-order valence-corrected chi connectivity index (χ3v) is 4.17. The van der Waals surface area contributed by atoms with E-state index in [0.29, 0.717) is 0 Å². The van der Waals surface area contributed by atoms with E-state index in [1.807, 2.05) is 24.3 Å². The number of halogens is 1. The highest BCUT2D eigenvalue weighted by Crippen LogP contribution is 2.39. The van der Waals surface area contributed by atoms with E-state index in [0.717, 1.165) is 35.4 Å². The molecule has 0 amide bonds. The van der Waals surface area contributed by atoms with Gasteiger partial charge in [-0.05, 0) is 37.1 Å². The first-order chi connectivity index (χ1) is 10.2. The zero-order chi connectivity index (χ0) is 14.4. The van der Waals surface area contributed by atoms with Crippen molar-refractivity contribution in [2.24, 2.45) is 0 Å². The van der Waals surface area contributed by atoms with E-state index >= 15 is 0 Å². The molecule has 0 unspecified atom stereocenters. The van der Waals surface area contributed by atoms with Crippen molar-refractivity contribution in [1.29, 1.82) is 0 Å². The Hall–Kier alpha value is -2.26. The molecule has 1 aliphatic heterocycles. The van der Waals surface area contributed by atoms with Crippen LogP contribution in [0, 0.1) is 6.92 Å². The van der Waals surface area contributed by atoms with E-state index < -0.39 is 0 Å². The standard InChI is InChI=1S/C18H17N3.ClH/c1-12-5-4-6-13(11-12)21-10-9-15-17(19)14-7-2-3-8-16(14)20-18(15)21;/h2-8,11H,9-10H2,1H3,(H2,19,20);1H. The molecule has 0 aliphatic carbocycles. The van der Waals surface area contributed by atoms with Crippen molar-refractivity contribution in [3.8, 4) is 0 Å². The number of pyridine rings is 1. The molecule has 22 heavy (non-hydrogen) atoms. The molecule has 3 nitrogen and oxygen atoms in total. The summed E-state index contributed by atoms with van der Waals surface area (Å²) in [6.07, 6.45) is 0.951. The summed E-state index contributed by atoms with van der Waals surface area (Å²) in [6, 6.07) is 16.6. The molecule has 0 bridgehead atoms. The largest absolute Gasteiger partial charge is 0.398 e. The Labute approximate surface area is 136 Å². The highest BCUT2D eigenvalue weighted by Gasteiger charge is 2.25. The van der Waals surface area contributed by atoms with E-state index in [2.05, 4.69) is 36.1 Å². The van der Waals surface area contributed by atoms with Crippen molar-refractivity contribution in [2.75, 3.05) is 17.2 Å². The van der Waals surface area contributed by atoms with Crippen molar-refractivity contribution in [3.63, 3.8) is 0 Å². The number of hydrogen-bond donors (Lipinski definition) is 1. The van der Waals surface area contributed by atoms with Crippen LogP contribution in [0.15, 0.2) is 48.5 Å². The average Bonchev–Trinajstić information content (AvgIpc) is 2.92. The van der Waals surface area contributed by atoms with Crippen molar-refractivity contribution in [1.82, 2.24) is 4.98 Å². The lowest BCUT2D eigenvalue weighted by Gasteiger charge is -2.19. The second-order valence-corrected chi connectivity index (χ2v) is 5.59. The van der Waals surface area contributed by atoms with Crippen LogP contribution in [-0.2, 0) is 6.42 Å². The number of nitrogens with two attached hydrogens (primary N) is 1. The highest BCUT2D eigenvalue weighted by molar-refractivity contribution is 5.95. The maximum Gasteiger partial charge on any atom is 0.139 e. The molecule has 112 valence electrons. The van der Waals surface area contributed by atoms with Gasteiger partial charge in [0.1, 0.15) is 5.82 Å². The molecule has 4 heteroatoms. The van der Waals surface area contributed by atoms with Crippen molar-refractivity contribution < 1.29 is 0 Å². The number of benzene rings is 2. The van der Waals surface area contributed by atoms with Crippen LogP contribution in [-0.4, -0.2) is 11.5 Å². The lowest BCUT2D eigenvalue weighted by molar-refractivity contribution is 0.991. The second kappa shape index (κ2) is 5.50. The van der Waals surface area contributed by atoms with Gasteiger partial charge in [0.25, 0.3) is 0 Å². The van der Waals surface area contributed by atoms with Crippen molar-refractivity contribution in [2.45, 2.75) is 13.3 Å². The van der Waals surface area contributed by atoms with Gasteiger partial charge in [-0.2, -0.15) is 0 Å². The molecule has 4 rings (SSSR count). The lowest BCUT2D eigenvalue weighted by atomic mass is 10.1. The first-order valence-electron chi connectivity index (χ1n) is 7.25. The highest BCUT2D eigenvalue weighted by atomic mass is 35.5. The number of anilines is 3. The van der Waals surface area contributed by atoms with E-state index in [1.54, 1.807) is 0 Å². The lowest BCUT2D eigenvalue weighted by Crippen LogP contribution is -2.14. The van der Waals surface area contributed by atoms with E-state index in [-0.39, 0.29) is 12.4 Å². The predicted molar refractivity (Wildman–Crippen MR) is 95.3 cm³/mol. The molecule has 2 heterocycles. The van der Waals surface area contributed by atoms with Gasteiger partial charge in [0.15, 0.2) is 0 Å². The molecule has 0 radical (unpaired) electrons. The fraction of sp³-hybridized carbons (Fsp3) is 0.167. The Kier molecular flexibility index (Phi) is 3.67. The number of aryl methyl sites for hydroxylation is 1. The quantitative estimate of drug-likeness (QED) is 0.731. The molecular weight excluding hydrogens is 294 g/mol. The Morgan fingerprint density at radius 2 is 1.91 bits per heavy atom. The average molecular weight is 312 g/mol. The Morgan fingerprint density at radius 1 is 1.09 bits per heavy atom. The van der Waals surface area contributed by atoms with Gasteiger partial charge in [-0.3, -0.25) is 0 Å². The van der Waals surface area contributed by atoms with Crippen LogP contribution in [0.1, 0.15) is 11.1 Å². The smallest absolute Gasteiger partial charge is 0.139 e. The fourth-order valence-electron chi connectivity index (χ4n) is 3.11. The SMILES string of the molecule is Cc1cccc(N2CCc3c2nc2ccccc2c3N)c1.Cl. The Morgan fingerprint density at radius 3 is 2.73 bits per heavy atom. The number of nitrogen functional groups attached to an aromatic ring is 1. The maximum atomic E-state index is 6.37. The molecule has 0 atom stereocenters. The number of para-hydroxylation sites is 1. The number of fused-ring (bicyclic) bond motifs is 2. The first kappa shape index (κ1) is 14.7. The summed E-state index contributed by atoms with van der Waals surface area (Å²) < 4.78 is 0. The van der Waals surface area contributed by atoms with Gasteiger partial charge in [0.05, 0.1) is 5.52 Å². The predicted octanol–water partition coefficient (Wildman–Crippen LogP) is 4.24. The normalized spacial score (nSPS) is 13.0. The van der Waals surface area contributed by atoms with Gasteiger partial charge >= 0.3 is 0 Å². The third-order valence-electron chi connectivity index (χ3n) is 4.17. The Bertz CT molecular complexity index is 845. The number of aromatic nitrogens is 1. The van der Waals surface area contributed by atoms with Gasteiger partial charge in [0.2, 0.25) is 0 Å². The minimum Gasteiger partial charge on any atom is -0.398 e. The zero-order valence-corrected chi connectivity index (χ0v) is 13.2.